The van der Waals surface area contributed by atoms with Crippen LogP contribution >= 0.6 is 24.0 Å². The lowest BCUT2D eigenvalue weighted by Crippen LogP contribution is -2.12. The molecule has 0 unspecified atom stereocenters. The molecule has 0 aliphatic heterocycles. The topological polar surface area (TPSA) is 62.0 Å². The second kappa shape index (κ2) is 6.47. The Bertz CT molecular complexity index is 953. The first-order valence-electron chi connectivity index (χ1n) is 8.01. The molecule has 25 heavy (non-hydrogen) atoms. The van der Waals surface area contributed by atoms with Gasteiger partial charge in [0.25, 0.3) is 0 Å². The maximum absolute atomic E-state index is 10.4. The van der Waals surface area contributed by atoms with Crippen LogP contribution in [0.25, 0.3) is 22.2 Å². The Balaban J connectivity index is 0.00000225. The van der Waals surface area contributed by atoms with Gasteiger partial charge in [-0.25, -0.2) is 0 Å². The Morgan fingerprint density at radius 2 is 1.72 bits per heavy atom. The summed E-state index contributed by atoms with van der Waals surface area (Å²) in [6.07, 6.45) is 0. The van der Waals surface area contributed by atoms with E-state index in [1.807, 2.05) is 25.1 Å². The van der Waals surface area contributed by atoms with Crippen LogP contribution in [-0.4, -0.2) is 10.1 Å². The van der Waals surface area contributed by atoms with Crippen molar-refractivity contribution in [2.24, 2.45) is 0 Å². The van der Waals surface area contributed by atoms with Crippen molar-refractivity contribution >= 4 is 40.6 Å². The molecule has 0 fully saturated rings. The van der Waals surface area contributed by atoms with E-state index in [9.17, 15) is 5.11 Å². The molecule has 3 nitrogen and oxygen atoms in total. The van der Waals surface area contributed by atoms with E-state index in [2.05, 4.69) is 38.7 Å². The number of H-pyrrole nitrogens is 1. The number of anilines is 1. The van der Waals surface area contributed by atoms with Gasteiger partial charge in [0.15, 0.2) is 0 Å². The number of halogens is 2. The molecule has 0 saturated heterocycles. The predicted octanol–water partition coefficient (Wildman–Crippen LogP) is 6.11. The molecule has 2 aromatic carbocycles. The third-order valence-corrected chi connectivity index (χ3v) is 4.90. The fourth-order valence-electron chi connectivity index (χ4n) is 3.15. The Kier molecular flexibility index (Phi) is 5.04. The van der Waals surface area contributed by atoms with Gasteiger partial charge in [0.05, 0.1) is 10.7 Å². The largest absolute Gasteiger partial charge is 0.507 e. The molecule has 0 aliphatic carbocycles. The van der Waals surface area contributed by atoms with E-state index in [1.165, 1.54) is 0 Å². The zero-order chi connectivity index (χ0) is 17.8. The lowest BCUT2D eigenvalue weighted by molar-refractivity contribution is 0.443. The highest BCUT2D eigenvalue weighted by molar-refractivity contribution is 6.34. The maximum Gasteiger partial charge on any atom is 0.122 e. The first kappa shape index (κ1) is 19.5. The van der Waals surface area contributed by atoms with Crippen molar-refractivity contribution in [1.82, 2.24) is 4.98 Å². The van der Waals surface area contributed by atoms with Gasteiger partial charge in [0, 0.05) is 22.2 Å². The molecule has 134 valence electrons. The number of nitrogens with one attached hydrogen (secondary N) is 1. The number of benzene rings is 2. The minimum Gasteiger partial charge on any atom is -0.507 e. The van der Waals surface area contributed by atoms with Crippen LogP contribution in [0.2, 0.25) is 5.02 Å². The average molecular weight is 379 g/mol. The minimum atomic E-state index is -0.140. The lowest BCUT2D eigenvalue weighted by Gasteiger charge is -2.22. The van der Waals surface area contributed by atoms with Gasteiger partial charge in [0.1, 0.15) is 5.75 Å². The SMILES string of the molecule is Cc1cc(-c2[nH]c3cc(Cl)c(N)cc3c2C)cc(C(C)(C)C)c1O.Cl. The maximum atomic E-state index is 10.4. The Morgan fingerprint density at radius 1 is 1.08 bits per heavy atom. The zero-order valence-electron chi connectivity index (χ0n) is 15.1. The van der Waals surface area contributed by atoms with Crippen LogP contribution in [0.15, 0.2) is 24.3 Å². The molecule has 0 saturated carbocycles. The summed E-state index contributed by atoms with van der Waals surface area (Å²) in [7, 11) is 0. The normalized spacial score (nSPS) is 11.6. The molecule has 0 atom stereocenters. The van der Waals surface area contributed by atoms with Crippen molar-refractivity contribution < 1.29 is 5.11 Å². The van der Waals surface area contributed by atoms with E-state index in [1.54, 1.807) is 0 Å². The summed E-state index contributed by atoms with van der Waals surface area (Å²) in [6, 6.07) is 7.84. The van der Waals surface area contributed by atoms with Gasteiger partial charge < -0.3 is 15.8 Å². The average Bonchev–Trinajstić information content (AvgIpc) is 2.78. The van der Waals surface area contributed by atoms with Crippen molar-refractivity contribution in [2.45, 2.75) is 40.0 Å². The summed E-state index contributed by atoms with van der Waals surface area (Å²) in [5.41, 5.74) is 12.4. The predicted molar refractivity (Wildman–Crippen MR) is 110 cm³/mol. The van der Waals surface area contributed by atoms with Crippen molar-refractivity contribution in [3.05, 3.63) is 46.0 Å². The van der Waals surface area contributed by atoms with Gasteiger partial charge in [-0.15, -0.1) is 12.4 Å². The molecular weight excluding hydrogens is 355 g/mol. The van der Waals surface area contributed by atoms with Crippen LogP contribution in [0, 0.1) is 13.8 Å². The van der Waals surface area contributed by atoms with Gasteiger partial charge in [-0.1, -0.05) is 32.4 Å². The third-order valence-electron chi connectivity index (χ3n) is 4.57. The Hall–Kier alpha value is -1.84. The van der Waals surface area contributed by atoms with E-state index in [0.717, 1.165) is 38.9 Å². The van der Waals surface area contributed by atoms with Crippen LogP contribution in [0.4, 0.5) is 5.69 Å². The molecule has 4 N–H and O–H groups in total. The molecule has 1 aromatic heterocycles. The van der Waals surface area contributed by atoms with Crippen LogP contribution in [-0.2, 0) is 5.41 Å². The number of aromatic amines is 1. The number of phenols is 1. The number of hydrogen-bond acceptors (Lipinski definition) is 2. The van der Waals surface area contributed by atoms with E-state index >= 15 is 0 Å². The van der Waals surface area contributed by atoms with Gasteiger partial charge in [-0.05, 0) is 60.2 Å². The summed E-state index contributed by atoms with van der Waals surface area (Å²) in [5, 5.41) is 12.1. The number of nitrogens with two attached hydrogens (primary N) is 1. The molecule has 3 aromatic rings. The van der Waals surface area contributed by atoms with Crippen LogP contribution in [0.1, 0.15) is 37.5 Å². The van der Waals surface area contributed by atoms with Crippen LogP contribution in [0.5, 0.6) is 5.75 Å². The second-order valence-corrected chi connectivity index (χ2v) is 7.89. The standard InChI is InChI=1S/C20H23ClN2O.ClH/c1-10-6-12(7-14(19(10)24)20(3,4)5)18-11(2)13-8-16(22)15(21)9-17(13)23-18;/h6-9,23-24H,22H2,1-5H3;1H. The number of aromatic hydroxyl groups is 1. The summed E-state index contributed by atoms with van der Waals surface area (Å²) >= 11 is 6.15. The molecular formula is C20H24Cl2N2O. The third kappa shape index (κ3) is 3.31. The Labute approximate surface area is 159 Å². The number of fused-ring (bicyclic) bond motifs is 1. The highest BCUT2D eigenvalue weighted by Gasteiger charge is 2.22. The first-order chi connectivity index (χ1) is 11.1. The summed E-state index contributed by atoms with van der Waals surface area (Å²) < 4.78 is 0. The first-order valence-corrected chi connectivity index (χ1v) is 8.39. The summed E-state index contributed by atoms with van der Waals surface area (Å²) in [5.74, 6) is 0.368. The number of rotatable bonds is 1. The number of aromatic nitrogens is 1. The zero-order valence-corrected chi connectivity index (χ0v) is 16.7. The molecule has 0 bridgehead atoms. The molecule has 1 heterocycles. The van der Waals surface area contributed by atoms with Crippen LogP contribution < -0.4 is 5.73 Å². The quantitative estimate of drug-likeness (QED) is 0.447. The van der Waals surface area contributed by atoms with E-state index < -0.39 is 0 Å². The number of phenolic OH excluding ortho intramolecular Hbond substituents is 1. The van der Waals surface area contributed by atoms with Crippen molar-refractivity contribution in [1.29, 1.82) is 0 Å². The molecule has 0 spiro atoms. The molecule has 0 radical (unpaired) electrons. The minimum absolute atomic E-state index is 0. The van der Waals surface area contributed by atoms with E-state index in [0.29, 0.717) is 16.5 Å². The Morgan fingerprint density at radius 3 is 2.32 bits per heavy atom. The number of nitrogen functional groups attached to an aromatic ring is 1. The highest BCUT2D eigenvalue weighted by atomic mass is 35.5. The van der Waals surface area contributed by atoms with Crippen LogP contribution in [0.3, 0.4) is 0 Å². The molecule has 0 amide bonds. The smallest absolute Gasteiger partial charge is 0.122 e. The monoisotopic (exact) mass is 378 g/mol. The summed E-state index contributed by atoms with van der Waals surface area (Å²) in [6.45, 7) is 10.3. The summed E-state index contributed by atoms with van der Waals surface area (Å²) in [4.78, 5) is 3.45. The lowest BCUT2D eigenvalue weighted by atomic mass is 9.83. The van der Waals surface area contributed by atoms with Gasteiger partial charge in [-0.3, -0.25) is 0 Å². The fourth-order valence-corrected chi connectivity index (χ4v) is 3.31. The molecule has 3 rings (SSSR count). The van der Waals surface area contributed by atoms with Crippen molar-refractivity contribution in [3.63, 3.8) is 0 Å². The second-order valence-electron chi connectivity index (χ2n) is 7.48. The molecule has 0 aliphatic rings. The van der Waals surface area contributed by atoms with E-state index in [4.69, 9.17) is 17.3 Å². The van der Waals surface area contributed by atoms with Crippen molar-refractivity contribution in [2.75, 3.05) is 5.73 Å². The molecule has 5 heteroatoms. The van der Waals surface area contributed by atoms with Gasteiger partial charge in [-0.2, -0.15) is 0 Å². The number of aryl methyl sites for hydroxylation is 2. The van der Waals surface area contributed by atoms with Crippen molar-refractivity contribution in [3.8, 4) is 17.0 Å². The highest BCUT2D eigenvalue weighted by Crippen LogP contribution is 2.39. The van der Waals surface area contributed by atoms with Gasteiger partial charge >= 0.3 is 0 Å². The fraction of sp³-hybridized carbons (Fsp3) is 0.300. The van der Waals surface area contributed by atoms with E-state index in [-0.39, 0.29) is 17.8 Å². The number of hydrogen-bond donors (Lipinski definition) is 3. The van der Waals surface area contributed by atoms with Gasteiger partial charge in [0.2, 0.25) is 0 Å².